The molecule has 3 N–H and O–H groups in total. The first-order valence-electron chi connectivity index (χ1n) is 7.16. The molecule has 24 heavy (non-hydrogen) atoms. The van der Waals surface area contributed by atoms with Gasteiger partial charge in [-0.3, -0.25) is 4.57 Å². The summed E-state index contributed by atoms with van der Waals surface area (Å²) >= 11 is 1.95. The first-order valence-corrected chi connectivity index (χ1v) is 8.24. The van der Waals surface area contributed by atoms with Crippen molar-refractivity contribution in [3.8, 4) is 0 Å². The average Bonchev–Trinajstić information content (AvgIpc) is 3.09. The van der Waals surface area contributed by atoms with Crippen LogP contribution in [-0.2, 0) is 19.0 Å². The van der Waals surface area contributed by atoms with Gasteiger partial charge in [-0.25, -0.2) is 19.7 Å². The number of hydrogen-bond donors (Lipinski definition) is 2. The molecule has 4 rings (SSSR count). The molecule has 0 aliphatic carbocycles. The Morgan fingerprint density at radius 2 is 2.08 bits per heavy atom. The lowest BCUT2D eigenvalue weighted by Gasteiger charge is -2.23. The number of anilines is 1. The minimum atomic E-state index is -1.14. The highest BCUT2D eigenvalue weighted by Crippen LogP contribution is 2.43. The number of nitrogen functional groups attached to an aromatic ring is 1. The fourth-order valence-electron chi connectivity index (χ4n) is 3.10. The summed E-state index contributed by atoms with van der Waals surface area (Å²) in [5.41, 5.74) is 6.75. The Hall–Kier alpha value is -1.57. The van der Waals surface area contributed by atoms with E-state index in [4.69, 9.17) is 19.9 Å². The van der Waals surface area contributed by atoms with Gasteiger partial charge in [-0.2, -0.15) is 0 Å². The van der Waals surface area contributed by atoms with Crippen molar-refractivity contribution in [1.82, 2.24) is 19.5 Å². The molecular formula is C13H14IN5O5. The summed E-state index contributed by atoms with van der Waals surface area (Å²) in [7, 11) is 0. The molecule has 2 aromatic rings. The summed E-state index contributed by atoms with van der Waals surface area (Å²) < 4.78 is 19.3. The Kier molecular flexibility index (Phi) is 3.46. The lowest BCUT2D eigenvalue weighted by molar-refractivity contribution is -0.202. The maximum atomic E-state index is 11.5. The van der Waals surface area contributed by atoms with Crippen LogP contribution in [0.4, 0.5) is 5.82 Å². The molecule has 11 heteroatoms. The average molecular weight is 447 g/mol. The number of rotatable bonds is 2. The molecule has 10 nitrogen and oxygen atoms in total. The molecular weight excluding hydrogens is 433 g/mol. The predicted octanol–water partition coefficient (Wildman–Crippen LogP) is 0.515. The van der Waals surface area contributed by atoms with E-state index in [1.807, 2.05) is 22.6 Å². The fraction of sp³-hybridized carbons (Fsp3) is 0.538. The van der Waals surface area contributed by atoms with Crippen LogP contribution in [0.3, 0.4) is 0 Å². The van der Waals surface area contributed by atoms with E-state index < -0.39 is 36.3 Å². The molecule has 3 unspecified atom stereocenters. The van der Waals surface area contributed by atoms with Gasteiger partial charge >= 0.3 is 5.97 Å². The molecule has 0 spiro atoms. The fourth-order valence-corrected chi connectivity index (χ4v) is 3.58. The van der Waals surface area contributed by atoms with Crippen molar-refractivity contribution in [3.05, 3.63) is 10.2 Å². The van der Waals surface area contributed by atoms with E-state index in [9.17, 15) is 9.90 Å². The predicted molar refractivity (Wildman–Crippen MR) is 87.8 cm³/mol. The number of hydrogen-bond acceptors (Lipinski definition) is 8. The number of imidazole rings is 1. The third-order valence-corrected chi connectivity index (χ3v) is 4.45. The second kappa shape index (κ2) is 5.21. The van der Waals surface area contributed by atoms with Crippen molar-refractivity contribution >= 4 is 45.5 Å². The molecule has 0 bridgehead atoms. The smallest absolute Gasteiger partial charge is 0.335 e. The van der Waals surface area contributed by atoms with Gasteiger partial charge in [0.2, 0.25) is 0 Å². The third-order valence-electron chi connectivity index (χ3n) is 3.97. The van der Waals surface area contributed by atoms with Crippen molar-refractivity contribution in [2.45, 2.75) is 44.2 Å². The van der Waals surface area contributed by atoms with Crippen molar-refractivity contribution < 1.29 is 24.1 Å². The molecule has 2 aliphatic heterocycles. The molecule has 2 fully saturated rings. The topological polar surface area (TPSA) is 135 Å². The second-order valence-corrected chi connectivity index (χ2v) is 7.02. The Labute approximate surface area is 149 Å². The number of aliphatic carboxylic acids is 1. The number of carbonyl (C=O) groups is 1. The van der Waals surface area contributed by atoms with E-state index >= 15 is 0 Å². The van der Waals surface area contributed by atoms with Gasteiger partial charge in [0.25, 0.3) is 0 Å². The van der Waals surface area contributed by atoms with Crippen LogP contribution < -0.4 is 5.73 Å². The molecule has 2 aliphatic rings. The second-order valence-electron chi connectivity index (χ2n) is 6.05. The van der Waals surface area contributed by atoms with Crippen molar-refractivity contribution in [3.63, 3.8) is 0 Å². The van der Waals surface area contributed by atoms with E-state index in [2.05, 4.69) is 15.0 Å². The van der Waals surface area contributed by atoms with Crippen LogP contribution in [0.15, 0.2) is 6.33 Å². The maximum Gasteiger partial charge on any atom is 0.335 e. The number of halogens is 1. The standard InChI is InChI=1S/C13H14IN5O5/c1-13(2)23-5-6(24-13)10(22-7(5)11(20)21)19-3-16-4-8(15)17-12(14)18-9(4)19/h3,5-7,10H,1-2H3,(H,20,21)(H2,15,17,18)/t5?,6?,7-,10?/m0/s1. The monoisotopic (exact) mass is 447 g/mol. The lowest BCUT2D eigenvalue weighted by Crippen LogP contribution is -2.35. The summed E-state index contributed by atoms with van der Waals surface area (Å²) in [6.07, 6.45) is -1.72. The first kappa shape index (κ1) is 15.9. The van der Waals surface area contributed by atoms with Crippen molar-refractivity contribution in [1.29, 1.82) is 0 Å². The first-order chi connectivity index (χ1) is 11.3. The number of aromatic nitrogens is 4. The molecule has 128 valence electrons. The molecule has 2 saturated heterocycles. The van der Waals surface area contributed by atoms with E-state index in [0.29, 0.717) is 15.0 Å². The zero-order chi connectivity index (χ0) is 17.2. The highest BCUT2D eigenvalue weighted by Gasteiger charge is 2.58. The molecule has 0 saturated carbocycles. The van der Waals surface area contributed by atoms with Gasteiger partial charge < -0.3 is 25.1 Å². The summed E-state index contributed by atoms with van der Waals surface area (Å²) in [6.45, 7) is 3.47. The van der Waals surface area contributed by atoms with Gasteiger partial charge in [0, 0.05) is 22.6 Å². The van der Waals surface area contributed by atoms with Gasteiger partial charge in [-0.1, -0.05) is 0 Å². The van der Waals surface area contributed by atoms with Crippen LogP contribution in [0.1, 0.15) is 20.1 Å². The van der Waals surface area contributed by atoms with Gasteiger partial charge in [0.05, 0.1) is 6.33 Å². The Morgan fingerprint density at radius 1 is 1.38 bits per heavy atom. The maximum absolute atomic E-state index is 11.5. The minimum Gasteiger partial charge on any atom is -0.479 e. The van der Waals surface area contributed by atoms with Crippen LogP contribution in [0.5, 0.6) is 0 Å². The van der Waals surface area contributed by atoms with Gasteiger partial charge in [-0.05, 0) is 13.8 Å². The largest absolute Gasteiger partial charge is 0.479 e. The van der Waals surface area contributed by atoms with E-state index in [1.54, 1.807) is 18.4 Å². The van der Waals surface area contributed by atoms with Crippen molar-refractivity contribution in [2.75, 3.05) is 5.73 Å². The normalized spacial score (nSPS) is 31.5. The molecule has 4 atom stereocenters. The van der Waals surface area contributed by atoms with E-state index in [-0.39, 0.29) is 5.82 Å². The number of nitrogens with two attached hydrogens (primary N) is 1. The summed E-state index contributed by atoms with van der Waals surface area (Å²) in [4.78, 5) is 24.1. The number of nitrogens with zero attached hydrogens (tertiary/aromatic N) is 4. The summed E-state index contributed by atoms with van der Waals surface area (Å²) in [6, 6.07) is 0. The highest BCUT2D eigenvalue weighted by molar-refractivity contribution is 14.1. The van der Waals surface area contributed by atoms with Crippen molar-refractivity contribution in [2.24, 2.45) is 0 Å². The Balaban J connectivity index is 1.80. The Morgan fingerprint density at radius 3 is 2.79 bits per heavy atom. The zero-order valence-electron chi connectivity index (χ0n) is 12.7. The third kappa shape index (κ3) is 2.34. The molecule has 2 aromatic heterocycles. The van der Waals surface area contributed by atoms with E-state index in [1.165, 1.54) is 6.33 Å². The molecule has 0 radical (unpaired) electrons. The van der Waals surface area contributed by atoms with E-state index in [0.717, 1.165) is 0 Å². The molecule has 0 aromatic carbocycles. The van der Waals surface area contributed by atoms with Crippen LogP contribution in [0.2, 0.25) is 0 Å². The Bertz CT molecular complexity index is 840. The quantitative estimate of drug-likeness (QED) is 0.499. The molecule has 4 heterocycles. The molecule has 0 amide bonds. The number of ether oxygens (including phenoxy) is 3. The summed E-state index contributed by atoms with van der Waals surface area (Å²) in [5, 5.41) is 9.42. The number of carboxylic acid groups (broad SMARTS) is 1. The van der Waals surface area contributed by atoms with Gasteiger partial charge in [-0.15, -0.1) is 0 Å². The lowest BCUT2D eigenvalue weighted by atomic mass is 10.1. The van der Waals surface area contributed by atoms with Crippen LogP contribution in [0.25, 0.3) is 11.2 Å². The van der Waals surface area contributed by atoms with Crippen LogP contribution in [-0.4, -0.2) is 54.7 Å². The minimum absolute atomic E-state index is 0.247. The van der Waals surface area contributed by atoms with Gasteiger partial charge in [0.15, 0.2) is 33.4 Å². The van der Waals surface area contributed by atoms with Gasteiger partial charge in [0.1, 0.15) is 17.7 Å². The SMILES string of the molecule is CC1(C)OC2C(O1)[C@@H](C(=O)O)OC2n1cnc2c(N)nc(I)nc21. The number of carboxylic acids is 1. The zero-order valence-corrected chi connectivity index (χ0v) is 14.9. The number of fused-ring (bicyclic) bond motifs is 2. The highest BCUT2D eigenvalue weighted by atomic mass is 127. The van der Waals surface area contributed by atoms with Crippen LogP contribution >= 0.6 is 22.6 Å². The van der Waals surface area contributed by atoms with Crippen LogP contribution in [0, 0.1) is 3.83 Å². The summed E-state index contributed by atoms with van der Waals surface area (Å²) in [5.74, 6) is -1.76.